The monoisotopic (exact) mass is 862 g/mol. The van der Waals surface area contributed by atoms with Crippen LogP contribution in [0.25, 0.3) is 20.9 Å². The van der Waals surface area contributed by atoms with Crippen molar-refractivity contribution in [3.05, 3.63) is 34.0 Å². The Morgan fingerprint density at radius 1 is 0.517 bits per heavy atom. The first kappa shape index (κ1) is 47.0. The lowest BCUT2D eigenvalue weighted by atomic mass is 9.92. The maximum atomic E-state index is 7.07. The fraction of sp³-hybridized carbons (Fsp3) is 0.702. The molecule has 2 aliphatic rings. The third-order valence-electron chi connectivity index (χ3n) is 9.80. The summed E-state index contributed by atoms with van der Waals surface area (Å²) in [5.74, 6) is 4.75. The molecular formula is C47H71ClO8S2. The maximum absolute atomic E-state index is 7.07. The van der Waals surface area contributed by atoms with E-state index in [1.165, 1.54) is 0 Å². The zero-order valence-electron chi connectivity index (χ0n) is 37.6. The highest BCUT2D eigenvalue weighted by atomic mass is 35.5. The molecule has 0 aliphatic carbocycles. The Balaban J connectivity index is 1.47. The van der Waals surface area contributed by atoms with Crippen LogP contribution < -0.4 is 18.9 Å². The summed E-state index contributed by atoms with van der Waals surface area (Å²) in [7, 11) is 0. The highest BCUT2D eigenvalue weighted by molar-refractivity contribution is 7.17. The first-order chi connectivity index (χ1) is 27.2. The van der Waals surface area contributed by atoms with Gasteiger partial charge in [0.25, 0.3) is 0 Å². The second kappa shape index (κ2) is 19.8. The van der Waals surface area contributed by atoms with Crippen LogP contribution in [0, 0.1) is 34.5 Å². The van der Waals surface area contributed by atoms with Crippen LogP contribution in [-0.2, 0) is 29.2 Å². The van der Waals surface area contributed by atoms with Gasteiger partial charge in [0.1, 0.15) is 26.4 Å². The van der Waals surface area contributed by atoms with E-state index in [0.29, 0.717) is 109 Å². The van der Waals surface area contributed by atoms with E-state index < -0.39 is 15.7 Å². The van der Waals surface area contributed by atoms with Gasteiger partial charge in [-0.3, -0.25) is 0 Å². The van der Waals surface area contributed by atoms with Gasteiger partial charge in [0.2, 0.25) is 0 Å². The molecule has 326 valence electrons. The summed E-state index contributed by atoms with van der Waals surface area (Å²) in [4.78, 5) is 3.46. The molecule has 4 heterocycles. The van der Waals surface area contributed by atoms with Gasteiger partial charge in [0.15, 0.2) is 23.0 Å². The van der Waals surface area contributed by atoms with Crippen molar-refractivity contribution in [3.63, 3.8) is 0 Å². The van der Waals surface area contributed by atoms with E-state index in [-0.39, 0.29) is 5.41 Å². The molecule has 8 nitrogen and oxygen atoms in total. The molecule has 2 aliphatic heterocycles. The summed E-state index contributed by atoms with van der Waals surface area (Å²) in [5, 5.41) is 0. The van der Waals surface area contributed by atoms with Gasteiger partial charge in [0, 0.05) is 31.8 Å². The van der Waals surface area contributed by atoms with Gasteiger partial charge in [-0.15, -0.1) is 34.3 Å². The number of halogens is 1. The Morgan fingerprint density at radius 3 is 1.10 bits per heavy atom. The molecule has 58 heavy (non-hydrogen) atoms. The molecule has 1 aromatic carbocycles. The van der Waals surface area contributed by atoms with Crippen molar-refractivity contribution >= 4 is 34.3 Å². The zero-order valence-corrected chi connectivity index (χ0v) is 40.0. The summed E-state index contributed by atoms with van der Waals surface area (Å²) in [5.41, 5.74) is 1.02. The topological polar surface area (TPSA) is 73.8 Å². The maximum Gasteiger partial charge on any atom is 0.180 e. The largest absolute Gasteiger partial charge is 0.488 e. The van der Waals surface area contributed by atoms with E-state index in [1.807, 2.05) is 13.8 Å². The molecule has 0 saturated carbocycles. The van der Waals surface area contributed by atoms with Crippen LogP contribution in [0.5, 0.6) is 23.0 Å². The zero-order chi connectivity index (χ0) is 42.5. The second-order valence-corrected chi connectivity index (χ2v) is 22.9. The number of benzene rings is 1. The third kappa shape index (κ3) is 12.1. The van der Waals surface area contributed by atoms with E-state index in [1.54, 1.807) is 22.7 Å². The van der Waals surface area contributed by atoms with Crippen molar-refractivity contribution in [1.29, 1.82) is 0 Å². The van der Waals surface area contributed by atoms with Crippen LogP contribution in [0.4, 0.5) is 0 Å². The molecule has 3 aromatic rings. The predicted molar refractivity (Wildman–Crippen MR) is 240 cm³/mol. The van der Waals surface area contributed by atoms with Crippen molar-refractivity contribution in [1.82, 2.24) is 0 Å². The van der Waals surface area contributed by atoms with Crippen molar-refractivity contribution in [2.75, 3.05) is 79.3 Å². The number of hydrogen-bond acceptors (Lipinski definition) is 10. The Bertz CT molecular complexity index is 1590. The molecule has 11 heteroatoms. The highest BCUT2D eigenvalue weighted by Gasteiger charge is 2.42. The second-order valence-electron chi connectivity index (χ2n) is 19.9. The average Bonchev–Trinajstić information content (AvgIpc) is 3.57. The lowest BCUT2D eigenvalue weighted by molar-refractivity contribution is -0.0675. The quantitative estimate of drug-likeness (QED) is 0.110. The van der Waals surface area contributed by atoms with Gasteiger partial charge < -0.3 is 37.9 Å². The lowest BCUT2D eigenvalue weighted by Crippen LogP contribution is -2.43. The molecule has 0 N–H and O–H groups in total. The molecule has 0 radical (unpaired) electrons. The van der Waals surface area contributed by atoms with Crippen LogP contribution in [0.3, 0.4) is 0 Å². The molecule has 0 atom stereocenters. The summed E-state index contributed by atoms with van der Waals surface area (Å²) >= 11 is 10.4. The predicted octanol–water partition coefficient (Wildman–Crippen LogP) is 12.1. The first-order valence-corrected chi connectivity index (χ1v) is 23.2. The van der Waals surface area contributed by atoms with E-state index in [0.717, 1.165) is 47.9 Å². The molecule has 0 amide bonds. The lowest BCUT2D eigenvalue weighted by Gasteiger charge is -2.31. The van der Waals surface area contributed by atoms with Crippen LogP contribution in [0.1, 0.15) is 99.8 Å². The summed E-state index contributed by atoms with van der Waals surface area (Å²) in [6, 6.07) is 8.67. The summed E-state index contributed by atoms with van der Waals surface area (Å²) in [6.45, 7) is 34.3. The van der Waals surface area contributed by atoms with Crippen LogP contribution >= 0.6 is 34.3 Å². The number of rotatable bonds is 19. The molecule has 2 aromatic heterocycles. The van der Waals surface area contributed by atoms with Crippen LogP contribution in [0.2, 0.25) is 0 Å². The normalized spacial score (nSPS) is 16.7. The number of fused-ring (bicyclic) bond motifs is 2. The Kier molecular flexibility index (Phi) is 16.0. The van der Waals surface area contributed by atoms with E-state index in [9.17, 15) is 0 Å². The van der Waals surface area contributed by atoms with Gasteiger partial charge >= 0.3 is 0 Å². The Morgan fingerprint density at radius 2 is 0.810 bits per heavy atom. The standard InChI is InChI=1S/C47H71ClO8S2/c1-30(2)18-49-22-46(23-50-19-31(3)4)26-53-36-38(55-28-46)42(44(9,10)11)57-40(36)34-14-16-35(17-15-34)41-37-39(43(58-41)45(12,13)48)56-29-47(27-54-37,24-51-20-32(5)6)25-52-21-33(7)8/h14-17,30-33H,18-29H2,1-13H3. The van der Waals surface area contributed by atoms with E-state index in [4.69, 9.17) is 49.5 Å². The minimum absolute atomic E-state index is 0.156. The smallest absolute Gasteiger partial charge is 0.180 e. The van der Waals surface area contributed by atoms with Gasteiger partial charge in [-0.2, -0.15) is 0 Å². The van der Waals surface area contributed by atoms with Gasteiger partial charge in [-0.05, 0) is 48.6 Å². The van der Waals surface area contributed by atoms with Gasteiger partial charge in [-0.1, -0.05) is 100 Å². The molecule has 5 rings (SSSR count). The van der Waals surface area contributed by atoms with Crippen LogP contribution in [-0.4, -0.2) is 79.3 Å². The molecule has 0 spiro atoms. The third-order valence-corrected chi connectivity index (χ3v) is 13.3. The van der Waals surface area contributed by atoms with Crippen molar-refractivity contribution in [2.45, 2.75) is 100 Å². The molecule has 0 fully saturated rings. The molecule has 0 bridgehead atoms. The van der Waals surface area contributed by atoms with E-state index >= 15 is 0 Å². The fourth-order valence-electron chi connectivity index (χ4n) is 6.81. The molecule has 0 unspecified atom stereocenters. The molecule has 0 saturated heterocycles. The minimum atomic E-state index is -0.671. The number of alkyl halides is 1. The van der Waals surface area contributed by atoms with Crippen molar-refractivity contribution in [3.8, 4) is 43.9 Å². The summed E-state index contributed by atoms with van der Waals surface area (Å²) < 4.78 is 52.1. The average molecular weight is 864 g/mol. The fourth-order valence-corrected chi connectivity index (χ4v) is 9.45. The SMILES string of the molecule is CC(C)COCC1(COCC(C)C)COc2c(-c3ccc(-c4sc(C(C)(C)Cl)c5c4OCC(COCC(C)C)(COCC(C)C)CO5)cc3)sc(C(C)(C)C)c2OC1. The van der Waals surface area contributed by atoms with Crippen molar-refractivity contribution in [2.24, 2.45) is 34.5 Å². The van der Waals surface area contributed by atoms with Crippen molar-refractivity contribution < 1.29 is 37.9 Å². The highest BCUT2D eigenvalue weighted by Crippen LogP contribution is 2.56. The number of ether oxygens (including phenoxy) is 8. The van der Waals surface area contributed by atoms with Gasteiger partial charge in [0.05, 0.1) is 61.6 Å². The minimum Gasteiger partial charge on any atom is -0.488 e. The van der Waals surface area contributed by atoms with Crippen LogP contribution in [0.15, 0.2) is 24.3 Å². The summed E-state index contributed by atoms with van der Waals surface area (Å²) in [6.07, 6.45) is 0. The Labute approximate surface area is 362 Å². The Hall–Kier alpha value is -2.05. The first-order valence-electron chi connectivity index (χ1n) is 21.2. The van der Waals surface area contributed by atoms with Gasteiger partial charge in [-0.25, -0.2) is 0 Å². The number of hydrogen-bond donors (Lipinski definition) is 0. The van der Waals surface area contributed by atoms with E-state index in [2.05, 4.69) is 100 Å². The number of thiophene rings is 2. The molecular weight excluding hydrogens is 792 g/mol.